The minimum atomic E-state index is 0.508. The zero-order chi connectivity index (χ0) is 17.2. The van der Waals surface area contributed by atoms with Gasteiger partial charge in [0.25, 0.3) is 0 Å². The highest BCUT2D eigenvalue weighted by atomic mass is 35.5. The number of fused-ring (bicyclic) bond motifs is 2. The van der Waals surface area contributed by atoms with Crippen molar-refractivity contribution in [1.29, 1.82) is 0 Å². The summed E-state index contributed by atoms with van der Waals surface area (Å²) < 4.78 is 5.24. The van der Waals surface area contributed by atoms with E-state index in [0.29, 0.717) is 11.7 Å². The molecular weight excluding hydrogens is 332 g/mol. The van der Waals surface area contributed by atoms with Gasteiger partial charge in [-0.3, -0.25) is 0 Å². The Balaban J connectivity index is 1.60. The molecule has 0 unspecified atom stereocenters. The molecule has 1 N–H and O–H groups in total. The van der Waals surface area contributed by atoms with Crippen molar-refractivity contribution in [3.63, 3.8) is 0 Å². The van der Waals surface area contributed by atoms with Gasteiger partial charge < -0.3 is 10.1 Å². The molecule has 1 aromatic heterocycles. The van der Waals surface area contributed by atoms with E-state index in [1.165, 1.54) is 10.8 Å². The van der Waals surface area contributed by atoms with Crippen molar-refractivity contribution in [2.24, 2.45) is 0 Å². The molecule has 3 aromatic carbocycles. The topological polar surface area (TPSA) is 34.1 Å². The number of hydrogen-bond donors (Lipinski definition) is 1. The van der Waals surface area contributed by atoms with Gasteiger partial charge in [0.05, 0.1) is 12.6 Å². The van der Waals surface area contributed by atoms with Crippen LogP contribution in [0.3, 0.4) is 0 Å². The van der Waals surface area contributed by atoms with Gasteiger partial charge in [0.1, 0.15) is 10.9 Å². The summed E-state index contributed by atoms with van der Waals surface area (Å²) in [4.78, 5) is 4.49. The molecule has 4 heteroatoms. The fraction of sp³-hybridized carbons (Fsp3) is 0.0952. The van der Waals surface area contributed by atoms with E-state index in [4.69, 9.17) is 16.3 Å². The predicted octanol–water partition coefficient (Wildman–Crippen LogP) is 5.66. The lowest BCUT2D eigenvalue weighted by Gasteiger charge is -2.10. The maximum Gasteiger partial charge on any atom is 0.134 e. The van der Waals surface area contributed by atoms with E-state index in [2.05, 4.69) is 46.7 Å². The van der Waals surface area contributed by atoms with E-state index in [1.807, 2.05) is 30.3 Å². The van der Waals surface area contributed by atoms with E-state index < -0.39 is 0 Å². The molecule has 0 atom stereocenters. The molecule has 0 saturated heterocycles. The number of methoxy groups -OCH3 is 1. The van der Waals surface area contributed by atoms with Gasteiger partial charge in [-0.05, 0) is 41.1 Å². The van der Waals surface area contributed by atoms with Crippen LogP contribution >= 0.6 is 11.6 Å². The van der Waals surface area contributed by atoms with Crippen molar-refractivity contribution < 1.29 is 4.74 Å². The quantitative estimate of drug-likeness (QED) is 0.483. The van der Waals surface area contributed by atoms with E-state index in [-0.39, 0.29) is 0 Å². The minimum Gasteiger partial charge on any atom is -0.497 e. The van der Waals surface area contributed by atoms with Crippen LogP contribution in [0.4, 0.5) is 5.69 Å². The third kappa shape index (κ3) is 3.24. The fourth-order valence-electron chi connectivity index (χ4n) is 2.91. The number of ether oxygens (including phenoxy) is 1. The van der Waals surface area contributed by atoms with Crippen molar-refractivity contribution in [2.75, 3.05) is 12.4 Å². The van der Waals surface area contributed by atoms with Crippen LogP contribution in [0.5, 0.6) is 5.75 Å². The second-order valence-corrected chi connectivity index (χ2v) is 6.27. The van der Waals surface area contributed by atoms with E-state index in [0.717, 1.165) is 27.9 Å². The Morgan fingerprint density at radius 3 is 2.56 bits per heavy atom. The number of benzene rings is 3. The SMILES string of the molecule is COc1ccc2cc(CNc3ccc4ccccc4c3)c(Cl)nc2c1. The predicted molar refractivity (Wildman–Crippen MR) is 105 cm³/mol. The van der Waals surface area contributed by atoms with Crippen LogP contribution in [0, 0.1) is 0 Å². The minimum absolute atomic E-state index is 0.508. The molecule has 0 fully saturated rings. The highest BCUT2D eigenvalue weighted by Gasteiger charge is 2.06. The highest BCUT2D eigenvalue weighted by molar-refractivity contribution is 6.30. The summed E-state index contributed by atoms with van der Waals surface area (Å²) >= 11 is 6.37. The molecular formula is C21H17ClN2O. The number of nitrogens with zero attached hydrogens (tertiary/aromatic N) is 1. The van der Waals surface area contributed by atoms with Gasteiger partial charge >= 0.3 is 0 Å². The fourth-order valence-corrected chi connectivity index (χ4v) is 3.13. The van der Waals surface area contributed by atoms with Gasteiger partial charge in [-0.2, -0.15) is 0 Å². The maximum atomic E-state index is 6.37. The molecule has 1 heterocycles. The second-order valence-electron chi connectivity index (χ2n) is 5.91. The largest absolute Gasteiger partial charge is 0.497 e. The Bertz CT molecular complexity index is 1060. The summed E-state index contributed by atoms with van der Waals surface area (Å²) in [6.07, 6.45) is 0. The number of hydrogen-bond acceptors (Lipinski definition) is 3. The monoisotopic (exact) mass is 348 g/mol. The summed E-state index contributed by atoms with van der Waals surface area (Å²) in [5.74, 6) is 0.776. The normalized spacial score (nSPS) is 11.0. The lowest BCUT2D eigenvalue weighted by molar-refractivity contribution is 0.415. The lowest BCUT2D eigenvalue weighted by atomic mass is 10.1. The van der Waals surface area contributed by atoms with Crippen LogP contribution in [-0.2, 0) is 6.54 Å². The molecule has 0 aliphatic heterocycles. The Morgan fingerprint density at radius 2 is 1.72 bits per heavy atom. The smallest absolute Gasteiger partial charge is 0.134 e. The first-order chi connectivity index (χ1) is 12.2. The number of nitrogens with one attached hydrogen (secondary N) is 1. The number of halogens is 1. The Labute approximate surface area is 151 Å². The van der Waals surface area contributed by atoms with Crippen molar-refractivity contribution in [2.45, 2.75) is 6.54 Å². The van der Waals surface area contributed by atoms with Crippen molar-refractivity contribution in [1.82, 2.24) is 4.98 Å². The highest BCUT2D eigenvalue weighted by Crippen LogP contribution is 2.25. The Kier molecular flexibility index (Phi) is 4.16. The van der Waals surface area contributed by atoms with Crippen molar-refractivity contribution >= 4 is 39.0 Å². The first-order valence-electron chi connectivity index (χ1n) is 8.09. The standard InChI is InChI=1S/C21H17ClN2O/c1-25-19-9-7-16-10-17(21(22)24-20(16)12-19)13-23-18-8-6-14-4-2-3-5-15(14)11-18/h2-12,23H,13H2,1H3. The molecule has 0 aliphatic carbocycles. The summed E-state index contributed by atoms with van der Waals surface area (Å²) in [5.41, 5.74) is 2.86. The van der Waals surface area contributed by atoms with Gasteiger partial charge in [-0.1, -0.05) is 41.9 Å². The first kappa shape index (κ1) is 15.7. The van der Waals surface area contributed by atoms with E-state index >= 15 is 0 Å². The summed E-state index contributed by atoms with van der Waals surface area (Å²) in [6, 6.07) is 22.5. The second kappa shape index (κ2) is 6.61. The van der Waals surface area contributed by atoms with Crippen LogP contribution in [0.2, 0.25) is 5.15 Å². The van der Waals surface area contributed by atoms with Crippen molar-refractivity contribution in [3.8, 4) is 5.75 Å². The van der Waals surface area contributed by atoms with Crippen LogP contribution in [-0.4, -0.2) is 12.1 Å². The Morgan fingerprint density at radius 1 is 0.920 bits per heavy atom. The van der Waals surface area contributed by atoms with Gasteiger partial charge in [0.15, 0.2) is 0 Å². The molecule has 0 saturated carbocycles. The van der Waals surface area contributed by atoms with Crippen LogP contribution < -0.4 is 10.1 Å². The first-order valence-corrected chi connectivity index (χ1v) is 8.46. The van der Waals surface area contributed by atoms with E-state index in [1.54, 1.807) is 7.11 Å². The Hall–Kier alpha value is -2.78. The zero-order valence-electron chi connectivity index (χ0n) is 13.8. The molecule has 4 rings (SSSR count). The van der Waals surface area contributed by atoms with Gasteiger partial charge in [0, 0.05) is 29.2 Å². The molecule has 0 amide bonds. The van der Waals surface area contributed by atoms with Crippen LogP contribution in [0.25, 0.3) is 21.7 Å². The van der Waals surface area contributed by atoms with Gasteiger partial charge in [-0.15, -0.1) is 0 Å². The number of rotatable bonds is 4. The summed E-state index contributed by atoms with van der Waals surface area (Å²) in [7, 11) is 1.64. The van der Waals surface area contributed by atoms with Crippen LogP contribution in [0.1, 0.15) is 5.56 Å². The maximum absolute atomic E-state index is 6.37. The molecule has 124 valence electrons. The molecule has 0 spiro atoms. The molecule has 25 heavy (non-hydrogen) atoms. The summed E-state index contributed by atoms with van der Waals surface area (Å²) in [6.45, 7) is 0.617. The molecule has 0 radical (unpaired) electrons. The molecule has 3 nitrogen and oxygen atoms in total. The summed E-state index contributed by atoms with van der Waals surface area (Å²) in [5, 5.41) is 7.42. The number of aromatic nitrogens is 1. The van der Waals surface area contributed by atoms with Crippen LogP contribution in [0.15, 0.2) is 66.7 Å². The zero-order valence-corrected chi connectivity index (χ0v) is 14.5. The average molecular weight is 349 g/mol. The third-order valence-electron chi connectivity index (χ3n) is 4.28. The van der Waals surface area contributed by atoms with E-state index in [9.17, 15) is 0 Å². The lowest BCUT2D eigenvalue weighted by Crippen LogP contribution is -2.01. The molecule has 0 bridgehead atoms. The number of pyridine rings is 1. The van der Waals surface area contributed by atoms with Crippen molar-refractivity contribution in [3.05, 3.63) is 77.4 Å². The van der Waals surface area contributed by atoms with Gasteiger partial charge in [0.2, 0.25) is 0 Å². The molecule has 4 aromatic rings. The number of anilines is 1. The third-order valence-corrected chi connectivity index (χ3v) is 4.61. The molecule has 0 aliphatic rings. The van der Waals surface area contributed by atoms with Gasteiger partial charge in [-0.25, -0.2) is 4.98 Å². The average Bonchev–Trinajstić information content (AvgIpc) is 2.65.